The summed E-state index contributed by atoms with van der Waals surface area (Å²) in [6.45, 7) is 22.7. The molecule has 0 spiro atoms. The monoisotopic (exact) mass is 1450 g/mol. The summed E-state index contributed by atoms with van der Waals surface area (Å²) < 4.78 is 65.0. The van der Waals surface area contributed by atoms with E-state index in [1.807, 2.05) is 19.9 Å². The molecule has 12 rings (SSSR count). The first-order valence-electron chi connectivity index (χ1n) is 36.0. The number of carbonyl (C=O) groups excluding carboxylic acids is 1. The van der Waals surface area contributed by atoms with Crippen LogP contribution in [0, 0.1) is 57.2 Å². The van der Waals surface area contributed by atoms with Crippen molar-refractivity contribution in [2.24, 2.45) is 50.2 Å². The molecule has 9 fully saturated rings. The largest absolute Gasteiger partial charge is 0.507 e. The molecule has 102 heavy (non-hydrogen) atoms. The third-order valence-electron chi connectivity index (χ3n) is 25.6. The van der Waals surface area contributed by atoms with Crippen LogP contribution in [0.4, 0.5) is 0 Å². The van der Waals surface area contributed by atoms with Crippen LogP contribution in [0.25, 0.3) is 11.0 Å². The molecule has 576 valence electrons. The highest BCUT2D eigenvalue weighted by Gasteiger charge is 2.72. The molecule has 29 heteroatoms. The minimum atomic E-state index is -1.93. The van der Waals surface area contributed by atoms with Gasteiger partial charge in [0.2, 0.25) is 6.29 Å². The Kier molecular flexibility index (Phi) is 22.9. The molecule has 1 aromatic heterocycles. The summed E-state index contributed by atoms with van der Waals surface area (Å²) in [6, 6.07) is 2.70. The van der Waals surface area contributed by atoms with Crippen molar-refractivity contribution >= 4 is 16.9 Å². The number of aryl methyl sites for hydroxylation is 1. The molecule has 0 bridgehead atoms. The van der Waals surface area contributed by atoms with Gasteiger partial charge in [0.1, 0.15) is 125 Å². The summed E-state index contributed by atoms with van der Waals surface area (Å²) in [4.78, 5) is 27.3. The molecular weight excluding hydrogens is 1340 g/mol. The lowest BCUT2D eigenvalue weighted by atomic mass is 9.33. The predicted octanol–water partition coefficient (Wildman–Crippen LogP) is 1.11. The van der Waals surface area contributed by atoms with Gasteiger partial charge >= 0.3 is 5.97 Å². The van der Waals surface area contributed by atoms with E-state index in [9.17, 15) is 86.5 Å². The molecule has 5 aliphatic carbocycles. The number of ether oxygens (including phenoxy) is 10. The highest BCUT2D eigenvalue weighted by Crippen LogP contribution is 2.76. The van der Waals surface area contributed by atoms with E-state index < -0.39 is 195 Å². The van der Waals surface area contributed by atoms with Crippen molar-refractivity contribution in [1.82, 2.24) is 0 Å². The predicted molar refractivity (Wildman–Crippen MR) is 356 cm³/mol. The zero-order chi connectivity index (χ0) is 74.7. The van der Waals surface area contributed by atoms with Gasteiger partial charge in [0.25, 0.3) is 0 Å². The van der Waals surface area contributed by atoms with Gasteiger partial charge in [-0.2, -0.15) is 0 Å². The van der Waals surface area contributed by atoms with Crippen LogP contribution >= 0.6 is 0 Å². The van der Waals surface area contributed by atoms with Crippen molar-refractivity contribution in [2.75, 3.05) is 19.8 Å². The number of hydrogen-bond acceptors (Lipinski definition) is 29. The standard InChI is InChI=1S/C58H94O25.C15H16O4/c1-23-44(80-47-40(69)34(63)27(60)21-74-47)38(67)42(71)48(76-23)79-33-13-14-55(7)30(54(33,5)6)12-15-56(8)31(55)11-10-25-26-18-53(3,4)16-17-58(26,32(62)19-57(25,56)9)52(73)83-51-46(35(64)28(61)22-75-51)82-49-43(72)39(68)45(24(2)77-49)81-50-41(70)37(66)36(65)29(20-59)78-50;1-8(2)4-5-10-11(16)7-13-14(15(10)18)12(17)6-9(3)19-13/h10,23-24,26-51,59-72H,11-22H2,1-9H3;4,6-7,16,18H,5H2,1-3H3. The normalized spacial score (nSPS) is 46.9. The zero-order valence-electron chi connectivity index (χ0n) is 60.1. The molecule has 1 aromatic carbocycles. The number of fused-ring (bicyclic) bond motifs is 8. The number of phenolic OH excluding ortho intramolecular Hbond substituents is 2. The zero-order valence-corrected chi connectivity index (χ0v) is 60.1. The Morgan fingerprint density at radius 1 is 0.618 bits per heavy atom. The summed E-state index contributed by atoms with van der Waals surface area (Å²) in [5.74, 6) is -0.844. The van der Waals surface area contributed by atoms with E-state index >= 15 is 4.79 Å². The first kappa shape index (κ1) is 79.1. The summed E-state index contributed by atoms with van der Waals surface area (Å²) in [7, 11) is 0. The van der Waals surface area contributed by atoms with Crippen LogP contribution in [-0.4, -0.2) is 261 Å². The molecule has 32 atom stereocenters. The lowest BCUT2D eigenvalue weighted by molar-refractivity contribution is -0.374. The molecule has 10 aliphatic rings. The first-order chi connectivity index (χ1) is 47.7. The number of esters is 1. The van der Waals surface area contributed by atoms with E-state index in [1.54, 1.807) is 13.8 Å². The number of rotatable bonds is 13. The maximum Gasteiger partial charge on any atom is 0.317 e. The van der Waals surface area contributed by atoms with Gasteiger partial charge in [-0.3, -0.25) is 9.59 Å². The smallest absolute Gasteiger partial charge is 0.317 e. The minimum Gasteiger partial charge on any atom is -0.507 e. The molecular formula is C73H110O29. The van der Waals surface area contributed by atoms with Gasteiger partial charge in [-0.05, 0) is 144 Å². The number of aliphatic hydroxyl groups is 14. The average Bonchev–Trinajstić information content (AvgIpc) is 0.671. The summed E-state index contributed by atoms with van der Waals surface area (Å²) in [6.07, 6.45) is -27.0. The highest BCUT2D eigenvalue weighted by molar-refractivity contribution is 5.87. The number of allylic oxidation sites excluding steroid dienone is 4. The third kappa shape index (κ3) is 13.9. The Balaban J connectivity index is 0.000000474. The summed E-state index contributed by atoms with van der Waals surface area (Å²) in [5, 5.41) is 173. The number of aliphatic hydroxyl groups excluding tert-OH is 14. The van der Waals surface area contributed by atoms with E-state index in [2.05, 4.69) is 54.5 Å². The Morgan fingerprint density at radius 3 is 1.81 bits per heavy atom. The lowest BCUT2D eigenvalue weighted by Crippen LogP contribution is -2.68. The van der Waals surface area contributed by atoms with E-state index in [4.69, 9.17) is 51.8 Å². The number of aromatic hydroxyl groups is 2. The van der Waals surface area contributed by atoms with Gasteiger partial charge < -0.3 is 133 Å². The molecule has 4 saturated carbocycles. The van der Waals surface area contributed by atoms with Gasteiger partial charge in [0, 0.05) is 17.7 Å². The van der Waals surface area contributed by atoms with Crippen LogP contribution in [0.5, 0.6) is 11.5 Å². The summed E-state index contributed by atoms with van der Waals surface area (Å²) in [5.41, 5.74) is -0.989. The molecule has 29 nitrogen and oxygen atoms in total. The number of benzene rings is 1. The number of phenols is 2. The van der Waals surface area contributed by atoms with Crippen LogP contribution in [0.1, 0.15) is 145 Å². The van der Waals surface area contributed by atoms with E-state index in [0.717, 1.165) is 30.4 Å². The molecule has 5 aliphatic heterocycles. The quantitative estimate of drug-likeness (QED) is 0.0759. The Labute approximate surface area is 592 Å². The fourth-order valence-corrected chi connectivity index (χ4v) is 19.4. The second-order valence-corrected chi connectivity index (χ2v) is 33.1. The van der Waals surface area contributed by atoms with E-state index in [0.29, 0.717) is 43.4 Å². The van der Waals surface area contributed by atoms with Crippen molar-refractivity contribution in [3.05, 3.63) is 57.0 Å². The Bertz CT molecular complexity index is 3430. The third-order valence-corrected chi connectivity index (χ3v) is 25.6. The summed E-state index contributed by atoms with van der Waals surface area (Å²) >= 11 is 0. The molecule has 6 heterocycles. The second kappa shape index (κ2) is 29.6. The Morgan fingerprint density at radius 2 is 1.19 bits per heavy atom. The number of hydrogen-bond donors (Lipinski definition) is 16. The van der Waals surface area contributed by atoms with Crippen LogP contribution in [0.2, 0.25) is 0 Å². The highest BCUT2D eigenvalue weighted by atomic mass is 16.8. The topological polar surface area (TPSA) is 463 Å². The number of carbonyl (C=O) groups is 1. The second-order valence-electron chi connectivity index (χ2n) is 33.1. The van der Waals surface area contributed by atoms with Crippen LogP contribution in [0.15, 0.2) is 44.6 Å². The molecule has 5 saturated heterocycles. The molecule has 32 unspecified atom stereocenters. The fourth-order valence-electron chi connectivity index (χ4n) is 19.4. The lowest BCUT2D eigenvalue weighted by Gasteiger charge is -2.71. The van der Waals surface area contributed by atoms with E-state index in [-0.39, 0.29) is 75.4 Å². The van der Waals surface area contributed by atoms with Gasteiger partial charge in [-0.1, -0.05) is 71.8 Å². The van der Waals surface area contributed by atoms with Crippen molar-refractivity contribution in [1.29, 1.82) is 0 Å². The molecule has 16 N–H and O–H groups in total. The van der Waals surface area contributed by atoms with Gasteiger partial charge in [0.05, 0.1) is 44.2 Å². The molecule has 0 radical (unpaired) electrons. The Hall–Kier alpha value is -3.94. The first-order valence-corrected chi connectivity index (χ1v) is 36.0. The molecule has 0 amide bonds. The van der Waals surface area contributed by atoms with Crippen LogP contribution < -0.4 is 5.43 Å². The van der Waals surface area contributed by atoms with Gasteiger partial charge in [-0.25, -0.2) is 0 Å². The molecule has 2 aromatic rings. The van der Waals surface area contributed by atoms with E-state index in [1.165, 1.54) is 19.1 Å². The SMILES string of the molecule is CC(C)=CCc1c(O)cc2oc(C)cc(=O)c2c1O.CC1OC(OC2CCC3(C)C(CCC4(C)C3CC=C3C5CC(C)(C)CCC5(C(=O)OC5OCC(O)C(O)C5OC5OC(C)C(OC6OC(CO)C(O)C(O)C6O)C(O)C5O)C(O)CC34C)C2(C)C)C(O)C(O)C1OC1OCC(O)C(O)C1O. The van der Waals surface area contributed by atoms with Crippen molar-refractivity contribution < 1.29 is 138 Å². The fraction of sp³-hybridized carbons (Fsp3) is 0.808. The van der Waals surface area contributed by atoms with Gasteiger partial charge in [0.15, 0.2) is 36.7 Å². The van der Waals surface area contributed by atoms with Crippen LogP contribution in [-0.2, 0) is 58.6 Å². The minimum absolute atomic E-state index is 0.0729. The van der Waals surface area contributed by atoms with Crippen molar-refractivity contribution in [3.8, 4) is 11.5 Å². The maximum absolute atomic E-state index is 15.4. The van der Waals surface area contributed by atoms with Crippen molar-refractivity contribution in [2.45, 2.75) is 301 Å². The average molecular weight is 1450 g/mol. The van der Waals surface area contributed by atoms with Crippen LogP contribution in [0.3, 0.4) is 0 Å². The van der Waals surface area contributed by atoms with Gasteiger partial charge in [-0.15, -0.1) is 0 Å². The maximum atomic E-state index is 15.4. The van der Waals surface area contributed by atoms with Crippen molar-refractivity contribution in [3.63, 3.8) is 0 Å².